The van der Waals surface area contributed by atoms with Gasteiger partial charge in [-0.05, 0) is 28.8 Å². The van der Waals surface area contributed by atoms with Crippen molar-refractivity contribution < 1.29 is 13.2 Å². The Hall–Kier alpha value is 0.390. The molecule has 0 heterocycles. The number of Topliss-reactive ketones (excluding diaryl/α,β-unsaturated/α-hetero) is 1. The number of hydrogen-bond donors (Lipinski definition) is 0. The predicted octanol–water partition coefficient (Wildman–Crippen LogP) is 1.69. The SMILES string of the molecule is CCS(=O)(=O)C(Cl)(Br)C(=O)C1CC1. The monoisotopic (exact) mass is 288 g/mol. The van der Waals surface area contributed by atoms with Gasteiger partial charge in [0.15, 0.2) is 15.6 Å². The summed E-state index contributed by atoms with van der Waals surface area (Å²) in [7, 11) is -3.57. The number of rotatable bonds is 4. The van der Waals surface area contributed by atoms with Crippen LogP contribution in [0, 0.1) is 5.92 Å². The Balaban J connectivity index is 2.92. The second kappa shape index (κ2) is 3.51. The van der Waals surface area contributed by atoms with Gasteiger partial charge in [0.1, 0.15) is 0 Å². The summed E-state index contributed by atoms with van der Waals surface area (Å²) in [5.41, 5.74) is 0. The van der Waals surface area contributed by atoms with Crippen molar-refractivity contribution in [1.82, 2.24) is 0 Å². The first kappa shape index (κ1) is 11.5. The Kier molecular flexibility index (Phi) is 3.10. The minimum atomic E-state index is -3.57. The lowest BCUT2D eigenvalue weighted by Gasteiger charge is -2.17. The molecular formula is C7H10BrClO3S. The van der Waals surface area contributed by atoms with E-state index >= 15 is 0 Å². The quantitative estimate of drug-likeness (QED) is 0.740. The number of alkyl halides is 2. The van der Waals surface area contributed by atoms with Crippen LogP contribution in [0.4, 0.5) is 0 Å². The van der Waals surface area contributed by atoms with Crippen molar-refractivity contribution in [2.45, 2.75) is 22.9 Å². The molecule has 0 spiro atoms. The first-order valence-electron chi connectivity index (χ1n) is 3.97. The highest BCUT2D eigenvalue weighted by Gasteiger charge is 2.51. The Bertz CT molecular complexity index is 319. The molecule has 1 atom stereocenters. The van der Waals surface area contributed by atoms with Crippen LogP contribution in [-0.4, -0.2) is 23.1 Å². The largest absolute Gasteiger partial charge is 0.295 e. The summed E-state index contributed by atoms with van der Waals surface area (Å²) in [6, 6.07) is 0. The van der Waals surface area contributed by atoms with Crippen LogP contribution < -0.4 is 0 Å². The Morgan fingerprint density at radius 2 is 2.08 bits per heavy atom. The second-order valence-corrected chi connectivity index (χ2v) is 8.44. The molecule has 0 aromatic rings. The molecule has 0 aliphatic heterocycles. The van der Waals surface area contributed by atoms with Gasteiger partial charge in [-0.3, -0.25) is 4.79 Å². The average Bonchev–Trinajstić information content (AvgIpc) is 2.85. The molecule has 0 aromatic heterocycles. The molecule has 6 heteroatoms. The van der Waals surface area contributed by atoms with Gasteiger partial charge < -0.3 is 0 Å². The van der Waals surface area contributed by atoms with Gasteiger partial charge in [-0.25, -0.2) is 8.42 Å². The summed E-state index contributed by atoms with van der Waals surface area (Å²) in [5.74, 6) is -0.727. The molecule has 76 valence electrons. The molecule has 1 saturated carbocycles. The minimum Gasteiger partial charge on any atom is -0.295 e. The van der Waals surface area contributed by atoms with Crippen LogP contribution in [0.1, 0.15) is 19.8 Å². The fourth-order valence-corrected chi connectivity index (χ4v) is 3.25. The van der Waals surface area contributed by atoms with E-state index in [2.05, 4.69) is 15.9 Å². The van der Waals surface area contributed by atoms with Gasteiger partial charge in [0.2, 0.25) is 0 Å². The molecule has 13 heavy (non-hydrogen) atoms. The van der Waals surface area contributed by atoms with Gasteiger partial charge in [-0.1, -0.05) is 18.5 Å². The number of halogens is 2. The molecule has 1 rings (SSSR count). The second-order valence-electron chi connectivity index (χ2n) is 3.06. The molecule has 0 radical (unpaired) electrons. The van der Waals surface area contributed by atoms with E-state index < -0.39 is 18.7 Å². The van der Waals surface area contributed by atoms with Crippen LogP contribution in [0.2, 0.25) is 0 Å². The highest BCUT2D eigenvalue weighted by atomic mass is 79.9. The van der Waals surface area contributed by atoms with Gasteiger partial charge in [-0.15, -0.1) is 0 Å². The fourth-order valence-electron chi connectivity index (χ4n) is 0.918. The zero-order valence-corrected chi connectivity index (χ0v) is 10.2. The van der Waals surface area contributed by atoms with Crippen LogP contribution in [-0.2, 0) is 14.6 Å². The Labute approximate surface area is 90.9 Å². The average molecular weight is 290 g/mol. The van der Waals surface area contributed by atoms with Crippen LogP contribution in [0.3, 0.4) is 0 Å². The molecule has 0 bridgehead atoms. The van der Waals surface area contributed by atoms with Crippen molar-refractivity contribution >= 4 is 43.2 Å². The number of sulfone groups is 1. The van der Waals surface area contributed by atoms with E-state index in [9.17, 15) is 13.2 Å². The maximum Gasteiger partial charge on any atom is 0.257 e. The van der Waals surface area contributed by atoms with Gasteiger partial charge in [0.05, 0.1) is 5.75 Å². The number of ketones is 1. The lowest BCUT2D eigenvalue weighted by Crippen LogP contribution is -2.37. The van der Waals surface area contributed by atoms with E-state index in [1.165, 1.54) is 6.92 Å². The molecule has 1 aliphatic rings. The molecule has 0 N–H and O–H groups in total. The van der Waals surface area contributed by atoms with Crippen LogP contribution in [0.15, 0.2) is 0 Å². The van der Waals surface area contributed by atoms with Crippen molar-refractivity contribution in [2.75, 3.05) is 5.75 Å². The first-order valence-corrected chi connectivity index (χ1v) is 6.79. The zero-order chi connectivity index (χ0) is 10.3. The molecule has 3 nitrogen and oxygen atoms in total. The van der Waals surface area contributed by atoms with Crippen molar-refractivity contribution in [3.8, 4) is 0 Å². The van der Waals surface area contributed by atoms with Crippen LogP contribution in [0.25, 0.3) is 0 Å². The maximum absolute atomic E-state index is 11.5. The lowest BCUT2D eigenvalue weighted by atomic mass is 10.3. The van der Waals surface area contributed by atoms with Gasteiger partial charge >= 0.3 is 0 Å². The summed E-state index contributed by atoms with van der Waals surface area (Å²) in [6.45, 7) is 1.47. The maximum atomic E-state index is 11.5. The summed E-state index contributed by atoms with van der Waals surface area (Å²) >= 11 is 8.49. The Morgan fingerprint density at radius 3 is 2.38 bits per heavy atom. The van der Waals surface area contributed by atoms with E-state index in [1.807, 2.05) is 0 Å². The van der Waals surface area contributed by atoms with E-state index in [1.54, 1.807) is 0 Å². The number of carbonyl (C=O) groups excluding carboxylic acids is 1. The smallest absolute Gasteiger partial charge is 0.257 e. The van der Waals surface area contributed by atoms with E-state index in [0.717, 1.165) is 12.8 Å². The highest BCUT2D eigenvalue weighted by molar-refractivity contribution is 9.12. The van der Waals surface area contributed by atoms with E-state index in [0.29, 0.717) is 0 Å². The molecule has 0 amide bonds. The third kappa shape index (κ3) is 2.07. The predicted molar refractivity (Wildman–Crippen MR) is 54.7 cm³/mol. The molecular weight excluding hydrogens is 279 g/mol. The van der Waals surface area contributed by atoms with Gasteiger partial charge in [0, 0.05) is 5.92 Å². The Morgan fingerprint density at radius 1 is 1.62 bits per heavy atom. The fraction of sp³-hybridized carbons (Fsp3) is 0.857. The van der Waals surface area contributed by atoms with E-state index in [-0.39, 0.29) is 11.7 Å². The minimum absolute atomic E-state index is 0.139. The van der Waals surface area contributed by atoms with Gasteiger partial charge in [-0.2, -0.15) is 0 Å². The standard InChI is InChI=1S/C7H10BrClO3S/c1-2-13(11,12)7(8,9)6(10)5-3-4-5/h5H,2-4H2,1H3. The topological polar surface area (TPSA) is 51.2 Å². The number of hydrogen-bond acceptors (Lipinski definition) is 3. The summed E-state index contributed by atoms with van der Waals surface area (Å²) in [4.78, 5) is 11.5. The number of carbonyl (C=O) groups is 1. The lowest BCUT2D eigenvalue weighted by molar-refractivity contribution is -0.119. The van der Waals surface area contributed by atoms with Crippen molar-refractivity contribution in [1.29, 1.82) is 0 Å². The highest BCUT2D eigenvalue weighted by Crippen LogP contribution is 2.42. The normalized spacial score (nSPS) is 22.4. The van der Waals surface area contributed by atoms with Gasteiger partial charge in [0.25, 0.3) is 3.12 Å². The molecule has 1 unspecified atom stereocenters. The van der Waals surface area contributed by atoms with Crippen molar-refractivity contribution in [3.05, 3.63) is 0 Å². The first-order chi connectivity index (χ1) is 5.83. The third-order valence-electron chi connectivity index (χ3n) is 2.01. The van der Waals surface area contributed by atoms with Crippen LogP contribution in [0.5, 0.6) is 0 Å². The molecule has 0 saturated heterocycles. The summed E-state index contributed by atoms with van der Waals surface area (Å²) in [6.07, 6.45) is 1.50. The van der Waals surface area contributed by atoms with E-state index in [4.69, 9.17) is 11.6 Å². The van der Waals surface area contributed by atoms with Crippen molar-refractivity contribution in [2.24, 2.45) is 5.92 Å². The molecule has 1 aliphatic carbocycles. The van der Waals surface area contributed by atoms with Crippen LogP contribution >= 0.6 is 27.5 Å². The molecule has 1 fully saturated rings. The molecule has 0 aromatic carbocycles. The summed E-state index contributed by atoms with van der Waals surface area (Å²) in [5, 5.41) is 0. The third-order valence-corrected chi connectivity index (χ3v) is 6.51. The zero-order valence-electron chi connectivity index (χ0n) is 7.09. The summed E-state index contributed by atoms with van der Waals surface area (Å²) < 4.78 is 20.9. The van der Waals surface area contributed by atoms with Crippen molar-refractivity contribution in [3.63, 3.8) is 0 Å².